The quantitative estimate of drug-likeness (QED) is 0.868. The van der Waals surface area contributed by atoms with E-state index in [2.05, 4.69) is 11.4 Å². The Morgan fingerprint density at radius 3 is 2.35 bits per heavy atom. The van der Waals surface area contributed by atoms with Gasteiger partial charge in [0.15, 0.2) is 0 Å². The Labute approximate surface area is 102 Å². The number of benzene rings is 1. The number of nitriles is 1. The Bertz CT molecular complexity index is 386. The van der Waals surface area contributed by atoms with Gasteiger partial charge in [0.05, 0.1) is 17.7 Å². The monoisotopic (exact) mass is 230 g/mol. The highest BCUT2D eigenvalue weighted by atomic mass is 16.5. The van der Waals surface area contributed by atoms with Gasteiger partial charge in [0.2, 0.25) is 0 Å². The van der Waals surface area contributed by atoms with Crippen molar-refractivity contribution in [2.75, 3.05) is 12.4 Å². The topological polar surface area (TPSA) is 45.0 Å². The summed E-state index contributed by atoms with van der Waals surface area (Å²) in [6, 6.07) is 10.3. The van der Waals surface area contributed by atoms with Crippen LogP contribution in [0.4, 0.5) is 5.69 Å². The third-order valence-corrected chi connectivity index (χ3v) is 3.39. The van der Waals surface area contributed by atoms with Crippen molar-refractivity contribution in [3.63, 3.8) is 0 Å². The van der Waals surface area contributed by atoms with E-state index in [1.165, 1.54) is 0 Å². The lowest BCUT2D eigenvalue weighted by atomic mass is 9.93. The third-order valence-electron chi connectivity index (χ3n) is 3.39. The molecule has 1 aromatic rings. The molecule has 0 atom stereocenters. The number of nitrogens with zero attached hydrogens (tertiary/aromatic N) is 1. The maximum Gasteiger partial charge on any atom is 0.0991 e. The minimum Gasteiger partial charge on any atom is -0.382 e. The Morgan fingerprint density at radius 1 is 1.18 bits per heavy atom. The maximum absolute atomic E-state index is 8.72. The molecule has 1 aromatic carbocycles. The molecule has 2 rings (SSSR count). The highest BCUT2D eigenvalue weighted by Crippen LogP contribution is 2.23. The molecule has 0 unspecified atom stereocenters. The zero-order chi connectivity index (χ0) is 12.1. The second kappa shape index (κ2) is 5.70. The summed E-state index contributed by atoms with van der Waals surface area (Å²) >= 11 is 0. The van der Waals surface area contributed by atoms with E-state index < -0.39 is 0 Å². The van der Waals surface area contributed by atoms with Crippen LogP contribution in [0, 0.1) is 11.3 Å². The lowest BCUT2D eigenvalue weighted by Gasteiger charge is -2.28. The van der Waals surface area contributed by atoms with Crippen LogP contribution >= 0.6 is 0 Å². The highest BCUT2D eigenvalue weighted by molar-refractivity contribution is 5.47. The van der Waals surface area contributed by atoms with Crippen molar-refractivity contribution in [3.8, 4) is 6.07 Å². The molecule has 1 aliphatic rings. The smallest absolute Gasteiger partial charge is 0.0991 e. The van der Waals surface area contributed by atoms with E-state index in [-0.39, 0.29) is 0 Å². The van der Waals surface area contributed by atoms with Crippen molar-refractivity contribution in [2.45, 2.75) is 37.8 Å². The van der Waals surface area contributed by atoms with Crippen LogP contribution in [0.1, 0.15) is 31.2 Å². The molecular formula is C14H18N2O. The molecule has 3 nitrogen and oxygen atoms in total. The Balaban J connectivity index is 1.87. The molecular weight excluding hydrogens is 212 g/mol. The van der Waals surface area contributed by atoms with Crippen molar-refractivity contribution in [2.24, 2.45) is 0 Å². The van der Waals surface area contributed by atoms with Gasteiger partial charge in [-0.15, -0.1) is 0 Å². The molecule has 0 aliphatic heterocycles. The molecule has 1 N–H and O–H groups in total. The average Bonchev–Trinajstić information content (AvgIpc) is 2.40. The van der Waals surface area contributed by atoms with E-state index in [0.29, 0.717) is 17.7 Å². The van der Waals surface area contributed by atoms with E-state index in [0.717, 1.165) is 31.4 Å². The zero-order valence-electron chi connectivity index (χ0n) is 10.1. The summed E-state index contributed by atoms with van der Waals surface area (Å²) in [5, 5.41) is 12.2. The summed E-state index contributed by atoms with van der Waals surface area (Å²) in [6.45, 7) is 0. The molecule has 17 heavy (non-hydrogen) atoms. The van der Waals surface area contributed by atoms with Crippen LogP contribution in [0.2, 0.25) is 0 Å². The van der Waals surface area contributed by atoms with Crippen LogP contribution in [-0.2, 0) is 4.74 Å². The van der Waals surface area contributed by atoms with Gasteiger partial charge in [-0.25, -0.2) is 0 Å². The summed E-state index contributed by atoms with van der Waals surface area (Å²) in [6.07, 6.45) is 5.00. The number of hydrogen-bond acceptors (Lipinski definition) is 3. The van der Waals surface area contributed by atoms with Crippen LogP contribution in [0.5, 0.6) is 0 Å². The van der Waals surface area contributed by atoms with E-state index in [4.69, 9.17) is 10.00 Å². The predicted octanol–water partition coefficient (Wildman–Crippen LogP) is 2.93. The van der Waals surface area contributed by atoms with Gasteiger partial charge in [-0.3, -0.25) is 0 Å². The highest BCUT2D eigenvalue weighted by Gasteiger charge is 2.20. The first kappa shape index (κ1) is 11.9. The van der Waals surface area contributed by atoms with E-state index in [1.54, 1.807) is 7.11 Å². The van der Waals surface area contributed by atoms with Crippen LogP contribution in [-0.4, -0.2) is 19.3 Å². The molecule has 0 saturated heterocycles. The zero-order valence-corrected chi connectivity index (χ0v) is 10.1. The van der Waals surface area contributed by atoms with Gasteiger partial charge in [0.1, 0.15) is 0 Å². The van der Waals surface area contributed by atoms with E-state index >= 15 is 0 Å². The maximum atomic E-state index is 8.72. The molecule has 0 bridgehead atoms. The first-order valence-corrected chi connectivity index (χ1v) is 6.11. The number of hydrogen-bond donors (Lipinski definition) is 1. The Kier molecular flexibility index (Phi) is 4.00. The first-order valence-electron chi connectivity index (χ1n) is 6.11. The van der Waals surface area contributed by atoms with E-state index in [1.807, 2.05) is 24.3 Å². The second-order valence-electron chi connectivity index (χ2n) is 4.54. The van der Waals surface area contributed by atoms with Gasteiger partial charge in [0.25, 0.3) is 0 Å². The van der Waals surface area contributed by atoms with Gasteiger partial charge < -0.3 is 10.1 Å². The lowest BCUT2D eigenvalue weighted by Crippen LogP contribution is -2.29. The minimum atomic E-state index is 0.439. The summed E-state index contributed by atoms with van der Waals surface area (Å²) < 4.78 is 5.36. The van der Waals surface area contributed by atoms with Crippen LogP contribution in [0.3, 0.4) is 0 Å². The molecule has 1 fully saturated rings. The molecule has 1 saturated carbocycles. The Hall–Kier alpha value is -1.53. The van der Waals surface area contributed by atoms with Gasteiger partial charge >= 0.3 is 0 Å². The fraction of sp³-hybridized carbons (Fsp3) is 0.500. The van der Waals surface area contributed by atoms with Crippen LogP contribution in [0.15, 0.2) is 24.3 Å². The summed E-state index contributed by atoms with van der Waals surface area (Å²) in [5.74, 6) is 0. The van der Waals surface area contributed by atoms with Crippen molar-refractivity contribution in [1.29, 1.82) is 5.26 Å². The predicted molar refractivity (Wildman–Crippen MR) is 67.8 cm³/mol. The van der Waals surface area contributed by atoms with Crippen LogP contribution in [0.25, 0.3) is 0 Å². The largest absolute Gasteiger partial charge is 0.382 e. The SMILES string of the molecule is COC1CCC(Nc2ccc(C#N)cc2)CC1. The molecule has 3 heteroatoms. The average molecular weight is 230 g/mol. The second-order valence-corrected chi connectivity index (χ2v) is 4.54. The molecule has 1 aliphatic carbocycles. The standard InChI is InChI=1S/C14H18N2O/c1-17-14-8-6-13(7-9-14)16-12-4-2-11(10-15)3-5-12/h2-5,13-14,16H,6-9H2,1H3. The first-order chi connectivity index (χ1) is 8.31. The lowest BCUT2D eigenvalue weighted by molar-refractivity contribution is 0.0682. The Morgan fingerprint density at radius 2 is 1.82 bits per heavy atom. The van der Waals surface area contributed by atoms with Gasteiger partial charge in [0, 0.05) is 18.8 Å². The molecule has 0 radical (unpaired) electrons. The number of methoxy groups -OCH3 is 1. The van der Waals surface area contributed by atoms with Crippen LogP contribution < -0.4 is 5.32 Å². The molecule has 0 spiro atoms. The van der Waals surface area contributed by atoms with E-state index in [9.17, 15) is 0 Å². The fourth-order valence-electron chi connectivity index (χ4n) is 2.32. The summed E-state index contributed by atoms with van der Waals surface area (Å²) in [7, 11) is 1.79. The van der Waals surface area contributed by atoms with Crippen molar-refractivity contribution in [3.05, 3.63) is 29.8 Å². The molecule has 0 aromatic heterocycles. The van der Waals surface area contributed by atoms with Gasteiger partial charge in [-0.1, -0.05) is 0 Å². The molecule has 0 amide bonds. The number of rotatable bonds is 3. The third kappa shape index (κ3) is 3.21. The van der Waals surface area contributed by atoms with Crippen molar-refractivity contribution < 1.29 is 4.74 Å². The van der Waals surface area contributed by atoms with Crippen molar-refractivity contribution in [1.82, 2.24) is 0 Å². The van der Waals surface area contributed by atoms with Gasteiger partial charge in [-0.2, -0.15) is 5.26 Å². The number of anilines is 1. The molecule has 0 heterocycles. The van der Waals surface area contributed by atoms with Crippen molar-refractivity contribution >= 4 is 5.69 Å². The van der Waals surface area contributed by atoms with Gasteiger partial charge in [-0.05, 0) is 49.9 Å². The molecule has 90 valence electrons. The summed E-state index contributed by atoms with van der Waals surface area (Å²) in [4.78, 5) is 0. The minimum absolute atomic E-state index is 0.439. The number of ether oxygens (including phenoxy) is 1. The normalized spacial score (nSPS) is 24.0. The number of nitrogens with one attached hydrogen (secondary N) is 1. The summed E-state index contributed by atoms with van der Waals surface area (Å²) in [5.41, 5.74) is 1.81. The fourth-order valence-corrected chi connectivity index (χ4v) is 2.32.